The van der Waals surface area contributed by atoms with Gasteiger partial charge in [-0.15, -0.1) is 11.3 Å². The Balaban J connectivity index is 1.30. The zero-order valence-corrected chi connectivity index (χ0v) is 19.6. The summed E-state index contributed by atoms with van der Waals surface area (Å²) < 4.78 is 6.73. The lowest BCUT2D eigenvalue weighted by molar-refractivity contribution is -0.151. The lowest BCUT2D eigenvalue weighted by Crippen LogP contribution is -2.31. The van der Waals surface area contributed by atoms with Gasteiger partial charge in [0.1, 0.15) is 0 Å². The van der Waals surface area contributed by atoms with Crippen LogP contribution in [0.5, 0.6) is 0 Å². The lowest BCUT2D eigenvalue weighted by Gasteiger charge is -2.16. The SMILES string of the molecule is CN(Cc1cnn(-c2ccccc2)c1)C(=O)COC(=O)CCNC(=O)CCC(=O)c1cccs1. The first-order valence-corrected chi connectivity index (χ1v) is 11.6. The van der Waals surface area contributed by atoms with Crippen molar-refractivity contribution in [1.29, 1.82) is 0 Å². The zero-order valence-electron chi connectivity index (χ0n) is 18.8. The number of para-hydroxylation sites is 1. The fourth-order valence-electron chi connectivity index (χ4n) is 3.03. The first-order valence-electron chi connectivity index (χ1n) is 10.7. The Morgan fingerprint density at radius 2 is 1.85 bits per heavy atom. The number of ketones is 1. The van der Waals surface area contributed by atoms with Gasteiger partial charge in [-0.2, -0.15) is 5.10 Å². The van der Waals surface area contributed by atoms with Crippen LogP contribution < -0.4 is 5.32 Å². The third kappa shape index (κ3) is 7.66. The van der Waals surface area contributed by atoms with Crippen LogP contribution in [-0.2, 0) is 25.7 Å². The molecule has 178 valence electrons. The minimum atomic E-state index is -0.589. The molecule has 0 spiro atoms. The Kier molecular flexibility index (Phi) is 9.10. The van der Waals surface area contributed by atoms with E-state index in [0.29, 0.717) is 11.4 Å². The maximum absolute atomic E-state index is 12.3. The van der Waals surface area contributed by atoms with Gasteiger partial charge in [0, 0.05) is 44.7 Å². The Hall–Kier alpha value is -3.79. The molecule has 3 rings (SSSR count). The molecular formula is C24H26N4O5S. The molecule has 0 aliphatic rings. The van der Waals surface area contributed by atoms with E-state index in [-0.39, 0.29) is 50.0 Å². The number of benzene rings is 1. The fourth-order valence-corrected chi connectivity index (χ4v) is 3.72. The summed E-state index contributed by atoms with van der Waals surface area (Å²) in [6, 6.07) is 13.1. The Morgan fingerprint density at radius 3 is 2.59 bits per heavy atom. The normalized spacial score (nSPS) is 10.5. The number of ether oxygens (including phenoxy) is 1. The summed E-state index contributed by atoms with van der Waals surface area (Å²) in [7, 11) is 1.62. The average molecular weight is 483 g/mol. The van der Waals surface area contributed by atoms with Crippen molar-refractivity contribution in [2.75, 3.05) is 20.2 Å². The van der Waals surface area contributed by atoms with Gasteiger partial charge in [0.25, 0.3) is 5.91 Å². The van der Waals surface area contributed by atoms with E-state index >= 15 is 0 Å². The second-order valence-electron chi connectivity index (χ2n) is 7.54. The van der Waals surface area contributed by atoms with E-state index < -0.39 is 5.97 Å². The van der Waals surface area contributed by atoms with Gasteiger partial charge in [0.2, 0.25) is 5.91 Å². The van der Waals surface area contributed by atoms with Crippen molar-refractivity contribution in [2.24, 2.45) is 0 Å². The van der Waals surface area contributed by atoms with Crippen LogP contribution in [0, 0.1) is 0 Å². The topological polar surface area (TPSA) is 111 Å². The van der Waals surface area contributed by atoms with Gasteiger partial charge in [-0.1, -0.05) is 24.3 Å². The maximum Gasteiger partial charge on any atom is 0.308 e. The highest BCUT2D eigenvalue weighted by molar-refractivity contribution is 7.12. The van der Waals surface area contributed by atoms with Crippen molar-refractivity contribution in [3.05, 3.63) is 70.7 Å². The molecule has 0 atom stereocenters. The molecule has 2 aromatic heterocycles. The number of hydrogen-bond acceptors (Lipinski definition) is 7. The number of amides is 2. The third-order valence-electron chi connectivity index (χ3n) is 4.89. The molecule has 1 aromatic carbocycles. The number of carbonyl (C=O) groups excluding carboxylic acids is 4. The molecule has 10 heteroatoms. The van der Waals surface area contributed by atoms with Gasteiger partial charge < -0.3 is 15.0 Å². The number of rotatable bonds is 12. The first kappa shape index (κ1) is 24.8. The number of hydrogen-bond donors (Lipinski definition) is 1. The predicted octanol–water partition coefficient (Wildman–Crippen LogP) is 2.60. The molecule has 34 heavy (non-hydrogen) atoms. The summed E-state index contributed by atoms with van der Waals surface area (Å²) in [5.74, 6) is -1.34. The molecule has 3 aromatic rings. The average Bonchev–Trinajstić information content (AvgIpc) is 3.54. The molecular weight excluding hydrogens is 456 g/mol. The molecule has 0 saturated carbocycles. The van der Waals surface area contributed by atoms with Gasteiger partial charge >= 0.3 is 5.97 Å². The number of Topliss-reactive ketones (excluding diaryl/α,β-unsaturated/α-hetero) is 1. The second-order valence-corrected chi connectivity index (χ2v) is 8.49. The molecule has 0 aliphatic heterocycles. The van der Waals surface area contributed by atoms with Crippen LogP contribution >= 0.6 is 11.3 Å². The van der Waals surface area contributed by atoms with Gasteiger partial charge in [-0.25, -0.2) is 4.68 Å². The van der Waals surface area contributed by atoms with Crippen molar-refractivity contribution in [1.82, 2.24) is 20.0 Å². The summed E-state index contributed by atoms with van der Waals surface area (Å²) in [6.45, 7) is 0.0163. The molecule has 0 saturated heterocycles. The largest absolute Gasteiger partial charge is 0.456 e. The summed E-state index contributed by atoms with van der Waals surface area (Å²) in [6.07, 6.45) is 3.62. The molecule has 0 fully saturated rings. The molecule has 0 radical (unpaired) electrons. The molecule has 2 amide bonds. The van der Waals surface area contributed by atoms with Crippen molar-refractivity contribution in [3.8, 4) is 5.69 Å². The smallest absolute Gasteiger partial charge is 0.308 e. The molecule has 9 nitrogen and oxygen atoms in total. The molecule has 2 heterocycles. The minimum absolute atomic E-state index is 0.0515. The molecule has 0 unspecified atom stereocenters. The van der Waals surface area contributed by atoms with E-state index in [1.54, 1.807) is 35.4 Å². The molecule has 0 aliphatic carbocycles. The highest BCUT2D eigenvalue weighted by atomic mass is 32.1. The predicted molar refractivity (Wildman–Crippen MR) is 127 cm³/mol. The van der Waals surface area contributed by atoms with E-state index in [1.807, 2.05) is 36.5 Å². The van der Waals surface area contributed by atoms with Crippen LogP contribution in [0.4, 0.5) is 0 Å². The maximum atomic E-state index is 12.3. The van der Waals surface area contributed by atoms with Crippen LogP contribution in [0.1, 0.15) is 34.5 Å². The number of aromatic nitrogens is 2. The Bertz CT molecular complexity index is 1110. The van der Waals surface area contributed by atoms with Gasteiger partial charge in [0.05, 0.1) is 23.2 Å². The summed E-state index contributed by atoms with van der Waals surface area (Å²) >= 11 is 1.34. The standard InChI is InChI=1S/C24H26N4O5S/c1-27(15-18-14-26-28(16-18)19-6-3-2-4-7-19)23(31)17-33-24(32)11-12-25-22(30)10-9-20(29)21-8-5-13-34-21/h2-8,13-14,16H,9-12,15,17H2,1H3,(H,25,30). The minimum Gasteiger partial charge on any atom is -0.456 e. The van der Waals surface area contributed by atoms with Crippen LogP contribution in [0.3, 0.4) is 0 Å². The van der Waals surface area contributed by atoms with Gasteiger partial charge in [0.15, 0.2) is 12.4 Å². The van der Waals surface area contributed by atoms with Gasteiger partial charge in [-0.3, -0.25) is 19.2 Å². The zero-order chi connectivity index (χ0) is 24.3. The van der Waals surface area contributed by atoms with Crippen molar-refractivity contribution in [2.45, 2.75) is 25.8 Å². The quantitative estimate of drug-likeness (QED) is 0.314. The number of nitrogens with one attached hydrogen (secondary N) is 1. The molecule has 1 N–H and O–H groups in total. The fraction of sp³-hybridized carbons (Fsp3) is 0.292. The number of thiophene rings is 1. The number of nitrogens with zero attached hydrogens (tertiary/aromatic N) is 3. The summed E-state index contributed by atoms with van der Waals surface area (Å²) in [5, 5.41) is 8.68. The first-order chi connectivity index (χ1) is 16.4. The van der Waals surface area contributed by atoms with E-state index in [1.165, 1.54) is 16.2 Å². The second kappa shape index (κ2) is 12.4. The van der Waals surface area contributed by atoms with Crippen LogP contribution in [-0.4, -0.2) is 58.4 Å². The van der Waals surface area contributed by atoms with Crippen LogP contribution in [0.25, 0.3) is 5.69 Å². The number of likely N-dealkylation sites (N-methyl/N-ethyl adjacent to an activating group) is 1. The van der Waals surface area contributed by atoms with Crippen LogP contribution in [0.15, 0.2) is 60.2 Å². The van der Waals surface area contributed by atoms with Crippen molar-refractivity contribution >= 4 is 34.9 Å². The Labute approximate surface area is 201 Å². The highest BCUT2D eigenvalue weighted by Crippen LogP contribution is 2.12. The van der Waals surface area contributed by atoms with Crippen molar-refractivity contribution < 1.29 is 23.9 Å². The van der Waals surface area contributed by atoms with E-state index in [9.17, 15) is 19.2 Å². The van der Waals surface area contributed by atoms with E-state index in [0.717, 1.165) is 11.3 Å². The monoisotopic (exact) mass is 482 g/mol. The Morgan fingerprint density at radius 1 is 1.06 bits per heavy atom. The van der Waals surface area contributed by atoms with E-state index in [2.05, 4.69) is 10.4 Å². The van der Waals surface area contributed by atoms with E-state index in [4.69, 9.17) is 4.74 Å². The van der Waals surface area contributed by atoms with Crippen molar-refractivity contribution in [3.63, 3.8) is 0 Å². The molecule has 0 bridgehead atoms. The number of carbonyl (C=O) groups is 4. The van der Waals surface area contributed by atoms with Gasteiger partial charge in [-0.05, 0) is 23.6 Å². The highest BCUT2D eigenvalue weighted by Gasteiger charge is 2.14. The third-order valence-corrected chi connectivity index (χ3v) is 5.80. The summed E-state index contributed by atoms with van der Waals surface area (Å²) in [4.78, 5) is 50.0. The van der Waals surface area contributed by atoms with Crippen LogP contribution in [0.2, 0.25) is 0 Å². The summed E-state index contributed by atoms with van der Waals surface area (Å²) in [5.41, 5.74) is 1.75. The number of esters is 1. The lowest BCUT2D eigenvalue weighted by atomic mass is 10.2.